The van der Waals surface area contributed by atoms with Crippen molar-refractivity contribution in [3.05, 3.63) is 28.8 Å². The van der Waals surface area contributed by atoms with E-state index < -0.39 is 0 Å². The molecule has 0 saturated heterocycles. The summed E-state index contributed by atoms with van der Waals surface area (Å²) in [6.45, 7) is 6.65. The third-order valence-electron chi connectivity index (χ3n) is 2.55. The molecular formula is C14H21ClN2O2. The Labute approximate surface area is 119 Å². The van der Waals surface area contributed by atoms with Gasteiger partial charge in [0.1, 0.15) is 0 Å². The maximum atomic E-state index is 12.1. The number of hydrogen-bond acceptors (Lipinski definition) is 3. The number of carbonyl (C=O) groups excluding carboxylic acids is 1. The number of amides is 1. The molecule has 0 aromatic heterocycles. The number of carbonyl (C=O) groups is 1. The second kappa shape index (κ2) is 8.77. The molecular weight excluding hydrogens is 264 g/mol. The Hall–Kier alpha value is -1.26. The van der Waals surface area contributed by atoms with Crippen molar-refractivity contribution in [3.8, 4) is 0 Å². The quantitative estimate of drug-likeness (QED) is 0.722. The summed E-state index contributed by atoms with van der Waals surface area (Å²) >= 11 is 5.94. The fourth-order valence-electron chi connectivity index (χ4n) is 1.66. The van der Waals surface area contributed by atoms with Gasteiger partial charge in [0, 0.05) is 37.0 Å². The van der Waals surface area contributed by atoms with E-state index >= 15 is 0 Å². The lowest BCUT2D eigenvalue weighted by Gasteiger charge is -2.11. The first-order chi connectivity index (χ1) is 9.19. The Morgan fingerprint density at radius 1 is 1.37 bits per heavy atom. The van der Waals surface area contributed by atoms with Crippen molar-refractivity contribution in [2.24, 2.45) is 0 Å². The van der Waals surface area contributed by atoms with Gasteiger partial charge in [-0.3, -0.25) is 4.79 Å². The summed E-state index contributed by atoms with van der Waals surface area (Å²) in [6.07, 6.45) is 0.802. The molecule has 19 heavy (non-hydrogen) atoms. The third kappa shape index (κ3) is 5.49. The average molecular weight is 285 g/mol. The molecule has 2 N–H and O–H groups in total. The van der Waals surface area contributed by atoms with Crippen LogP contribution in [-0.2, 0) is 4.74 Å². The van der Waals surface area contributed by atoms with Crippen LogP contribution in [0, 0.1) is 0 Å². The van der Waals surface area contributed by atoms with E-state index in [0.717, 1.165) is 18.7 Å². The van der Waals surface area contributed by atoms with Gasteiger partial charge in [0.15, 0.2) is 0 Å². The van der Waals surface area contributed by atoms with Crippen LogP contribution >= 0.6 is 11.6 Å². The van der Waals surface area contributed by atoms with Crippen LogP contribution in [0.3, 0.4) is 0 Å². The molecule has 0 heterocycles. The predicted molar refractivity (Wildman–Crippen MR) is 79.1 cm³/mol. The van der Waals surface area contributed by atoms with E-state index in [2.05, 4.69) is 10.6 Å². The molecule has 5 heteroatoms. The van der Waals surface area contributed by atoms with Crippen LogP contribution in [0.15, 0.2) is 18.2 Å². The highest BCUT2D eigenvalue weighted by Crippen LogP contribution is 2.20. The number of ether oxygens (including phenoxy) is 1. The fourth-order valence-corrected chi connectivity index (χ4v) is 1.84. The first-order valence-corrected chi connectivity index (χ1v) is 6.96. The summed E-state index contributed by atoms with van der Waals surface area (Å²) in [5, 5.41) is 6.57. The molecule has 4 nitrogen and oxygen atoms in total. The van der Waals surface area contributed by atoms with Crippen molar-refractivity contribution in [2.75, 3.05) is 31.6 Å². The Morgan fingerprint density at radius 3 is 2.84 bits per heavy atom. The number of rotatable bonds is 8. The van der Waals surface area contributed by atoms with E-state index in [1.54, 1.807) is 12.1 Å². The molecule has 0 aliphatic carbocycles. The van der Waals surface area contributed by atoms with E-state index in [9.17, 15) is 4.79 Å². The number of hydrogen-bond donors (Lipinski definition) is 2. The first kappa shape index (κ1) is 15.8. The van der Waals surface area contributed by atoms with E-state index in [1.807, 2.05) is 19.9 Å². The lowest BCUT2D eigenvalue weighted by Crippen LogP contribution is -2.26. The monoisotopic (exact) mass is 284 g/mol. The summed E-state index contributed by atoms with van der Waals surface area (Å²) in [6, 6.07) is 5.27. The molecule has 1 aromatic rings. The SMILES string of the molecule is CCNc1ccc(Cl)cc1C(=O)NCCCOCC. The van der Waals surface area contributed by atoms with Crippen LogP contribution in [0.2, 0.25) is 5.02 Å². The van der Waals surface area contributed by atoms with Crippen molar-refractivity contribution < 1.29 is 9.53 Å². The molecule has 0 spiro atoms. The van der Waals surface area contributed by atoms with Gasteiger partial charge in [0.25, 0.3) is 5.91 Å². The highest BCUT2D eigenvalue weighted by molar-refractivity contribution is 6.31. The molecule has 0 atom stereocenters. The summed E-state index contributed by atoms with van der Waals surface area (Å²) < 4.78 is 5.22. The van der Waals surface area contributed by atoms with Gasteiger partial charge in [-0.1, -0.05) is 11.6 Å². The molecule has 0 radical (unpaired) electrons. The minimum atomic E-state index is -0.116. The molecule has 0 saturated carbocycles. The van der Waals surface area contributed by atoms with E-state index in [0.29, 0.717) is 30.3 Å². The Balaban J connectivity index is 2.57. The normalized spacial score (nSPS) is 10.3. The smallest absolute Gasteiger partial charge is 0.253 e. The molecule has 106 valence electrons. The first-order valence-electron chi connectivity index (χ1n) is 6.58. The number of halogens is 1. The molecule has 1 amide bonds. The standard InChI is InChI=1S/C14H21ClN2O2/c1-3-16-13-7-6-11(15)10-12(13)14(18)17-8-5-9-19-4-2/h6-7,10,16H,3-5,8-9H2,1-2H3,(H,17,18). The zero-order chi connectivity index (χ0) is 14.1. The van der Waals surface area contributed by atoms with Crippen molar-refractivity contribution >= 4 is 23.2 Å². The highest BCUT2D eigenvalue weighted by atomic mass is 35.5. The van der Waals surface area contributed by atoms with Crippen LogP contribution < -0.4 is 10.6 Å². The van der Waals surface area contributed by atoms with Crippen molar-refractivity contribution in [1.82, 2.24) is 5.32 Å². The van der Waals surface area contributed by atoms with Crippen LogP contribution in [0.1, 0.15) is 30.6 Å². The summed E-state index contributed by atoms with van der Waals surface area (Å²) in [4.78, 5) is 12.1. The molecule has 0 fully saturated rings. The topological polar surface area (TPSA) is 50.4 Å². The zero-order valence-corrected chi connectivity index (χ0v) is 12.2. The number of nitrogens with one attached hydrogen (secondary N) is 2. The summed E-state index contributed by atoms with van der Waals surface area (Å²) in [5.74, 6) is -0.116. The summed E-state index contributed by atoms with van der Waals surface area (Å²) in [7, 11) is 0. The Kier molecular flexibility index (Phi) is 7.30. The lowest BCUT2D eigenvalue weighted by atomic mass is 10.1. The second-order valence-electron chi connectivity index (χ2n) is 4.03. The van der Waals surface area contributed by atoms with Crippen LogP contribution in [0.25, 0.3) is 0 Å². The van der Waals surface area contributed by atoms with E-state index in [-0.39, 0.29) is 5.91 Å². The maximum Gasteiger partial charge on any atom is 0.253 e. The van der Waals surface area contributed by atoms with E-state index in [4.69, 9.17) is 16.3 Å². The van der Waals surface area contributed by atoms with Crippen LogP contribution in [0.4, 0.5) is 5.69 Å². The largest absolute Gasteiger partial charge is 0.385 e. The van der Waals surface area contributed by atoms with Gasteiger partial charge < -0.3 is 15.4 Å². The van der Waals surface area contributed by atoms with Gasteiger partial charge in [-0.05, 0) is 38.5 Å². The maximum absolute atomic E-state index is 12.1. The van der Waals surface area contributed by atoms with Crippen LogP contribution in [0.5, 0.6) is 0 Å². The number of benzene rings is 1. The molecule has 0 aliphatic rings. The van der Waals surface area contributed by atoms with Crippen LogP contribution in [-0.4, -0.2) is 32.2 Å². The second-order valence-corrected chi connectivity index (χ2v) is 4.46. The van der Waals surface area contributed by atoms with Crippen molar-refractivity contribution in [1.29, 1.82) is 0 Å². The average Bonchev–Trinajstić information content (AvgIpc) is 2.40. The summed E-state index contributed by atoms with van der Waals surface area (Å²) in [5.41, 5.74) is 1.37. The Morgan fingerprint density at radius 2 is 2.16 bits per heavy atom. The molecule has 0 unspecified atom stereocenters. The van der Waals surface area contributed by atoms with Crippen molar-refractivity contribution in [2.45, 2.75) is 20.3 Å². The molecule has 1 aromatic carbocycles. The van der Waals surface area contributed by atoms with Gasteiger partial charge in [-0.15, -0.1) is 0 Å². The van der Waals surface area contributed by atoms with Gasteiger partial charge in [0.05, 0.1) is 5.56 Å². The van der Waals surface area contributed by atoms with Gasteiger partial charge in [0.2, 0.25) is 0 Å². The van der Waals surface area contributed by atoms with Crippen molar-refractivity contribution in [3.63, 3.8) is 0 Å². The number of anilines is 1. The predicted octanol–water partition coefficient (Wildman–Crippen LogP) is 2.93. The Bertz CT molecular complexity index is 410. The highest BCUT2D eigenvalue weighted by Gasteiger charge is 2.11. The third-order valence-corrected chi connectivity index (χ3v) is 2.78. The minimum Gasteiger partial charge on any atom is -0.385 e. The minimum absolute atomic E-state index is 0.116. The lowest BCUT2D eigenvalue weighted by molar-refractivity contribution is 0.0945. The van der Waals surface area contributed by atoms with E-state index in [1.165, 1.54) is 0 Å². The molecule has 0 aliphatic heterocycles. The zero-order valence-electron chi connectivity index (χ0n) is 11.5. The van der Waals surface area contributed by atoms with Gasteiger partial charge in [-0.2, -0.15) is 0 Å². The molecule has 0 bridgehead atoms. The van der Waals surface area contributed by atoms with Gasteiger partial charge in [-0.25, -0.2) is 0 Å². The fraction of sp³-hybridized carbons (Fsp3) is 0.500. The molecule has 1 rings (SSSR count). The van der Waals surface area contributed by atoms with Gasteiger partial charge >= 0.3 is 0 Å².